The Kier molecular flexibility index (Phi) is 2.94. The molecule has 2 amide bonds. The Hall–Kier alpha value is -1.95. The number of rotatable bonds is 1. The number of urea groups is 1. The fourth-order valence-corrected chi connectivity index (χ4v) is 2.55. The number of primary amides is 1. The summed E-state index contributed by atoms with van der Waals surface area (Å²) in [6.07, 6.45) is 1.82. The van der Waals surface area contributed by atoms with Gasteiger partial charge in [-0.25, -0.2) is 9.78 Å². The van der Waals surface area contributed by atoms with E-state index in [2.05, 4.69) is 14.9 Å². The predicted octanol–water partition coefficient (Wildman–Crippen LogP) is 1.42. The second kappa shape index (κ2) is 4.62. The summed E-state index contributed by atoms with van der Waals surface area (Å²) in [6, 6.07) is 3.39. The molecule has 3 rings (SSSR count). The predicted molar refractivity (Wildman–Crippen MR) is 74.5 cm³/mol. The third kappa shape index (κ3) is 2.19. The van der Waals surface area contributed by atoms with Gasteiger partial charge in [0.1, 0.15) is 11.5 Å². The topological polar surface area (TPSA) is 78.3 Å². The van der Waals surface area contributed by atoms with E-state index in [1.165, 1.54) is 0 Å². The molecule has 100 valence electrons. The van der Waals surface area contributed by atoms with Crippen LogP contribution in [0, 0.1) is 0 Å². The van der Waals surface area contributed by atoms with Crippen molar-refractivity contribution in [3.8, 4) is 0 Å². The second-order valence-electron chi connectivity index (χ2n) is 4.51. The first kappa shape index (κ1) is 12.1. The number of carbonyl (C=O) groups is 1. The lowest BCUT2D eigenvalue weighted by atomic mass is 10.3. The van der Waals surface area contributed by atoms with Crippen molar-refractivity contribution in [2.24, 2.45) is 5.73 Å². The van der Waals surface area contributed by atoms with Crippen LogP contribution < -0.4 is 10.6 Å². The van der Waals surface area contributed by atoms with E-state index >= 15 is 0 Å². The highest BCUT2D eigenvalue weighted by Gasteiger charge is 2.20. The molecule has 3 N–H and O–H groups in total. The minimum absolute atomic E-state index is 0.370. The molecule has 7 heteroatoms. The van der Waals surface area contributed by atoms with Crippen LogP contribution in [0.25, 0.3) is 11.0 Å². The van der Waals surface area contributed by atoms with Gasteiger partial charge in [0.25, 0.3) is 0 Å². The van der Waals surface area contributed by atoms with Crippen molar-refractivity contribution in [1.29, 1.82) is 0 Å². The molecule has 3 heterocycles. The van der Waals surface area contributed by atoms with Crippen LogP contribution in [-0.4, -0.2) is 47.1 Å². The second-order valence-corrected chi connectivity index (χ2v) is 4.92. The average Bonchev–Trinajstić information content (AvgIpc) is 2.87. The maximum absolute atomic E-state index is 11.1. The number of hydrogen-bond donors (Lipinski definition) is 2. The third-order valence-electron chi connectivity index (χ3n) is 3.38. The van der Waals surface area contributed by atoms with Gasteiger partial charge in [0.15, 0.2) is 0 Å². The van der Waals surface area contributed by atoms with Crippen LogP contribution in [0.4, 0.5) is 10.6 Å². The number of anilines is 1. The van der Waals surface area contributed by atoms with Crippen molar-refractivity contribution in [1.82, 2.24) is 14.9 Å². The first-order valence-corrected chi connectivity index (χ1v) is 6.46. The van der Waals surface area contributed by atoms with E-state index in [4.69, 9.17) is 17.3 Å². The molecule has 19 heavy (non-hydrogen) atoms. The molecule has 0 radical (unpaired) electrons. The molecule has 0 aromatic carbocycles. The van der Waals surface area contributed by atoms with Crippen LogP contribution in [0.3, 0.4) is 0 Å². The number of carbonyl (C=O) groups excluding carboxylic acids is 1. The number of nitrogens with two attached hydrogens (primary N) is 1. The van der Waals surface area contributed by atoms with Gasteiger partial charge >= 0.3 is 6.03 Å². The Morgan fingerprint density at radius 3 is 2.79 bits per heavy atom. The van der Waals surface area contributed by atoms with Crippen molar-refractivity contribution in [2.45, 2.75) is 0 Å². The van der Waals surface area contributed by atoms with Crippen LogP contribution in [0.5, 0.6) is 0 Å². The molecule has 0 unspecified atom stereocenters. The largest absolute Gasteiger partial charge is 0.353 e. The average molecular weight is 280 g/mol. The Labute approximate surface area is 115 Å². The SMILES string of the molecule is NC(=O)N1CCN(c2cc(Cl)c3cc[nH]c3n2)CC1. The molecule has 2 aromatic heterocycles. The minimum atomic E-state index is -0.370. The number of amides is 2. The number of aromatic amines is 1. The molecule has 0 saturated carbocycles. The van der Waals surface area contributed by atoms with Crippen molar-refractivity contribution < 1.29 is 4.79 Å². The molecule has 6 nitrogen and oxygen atoms in total. The maximum Gasteiger partial charge on any atom is 0.314 e. The smallest absolute Gasteiger partial charge is 0.314 e. The summed E-state index contributed by atoms with van der Waals surface area (Å²) in [5.41, 5.74) is 6.04. The highest BCUT2D eigenvalue weighted by Crippen LogP contribution is 2.26. The van der Waals surface area contributed by atoms with Crippen molar-refractivity contribution >= 4 is 34.5 Å². The minimum Gasteiger partial charge on any atom is -0.353 e. The number of fused-ring (bicyclic) bond motifs is 1. The summed E-state index contributed by atoms with van der Waals surface area (Å²) in [5.74, 6) is 0.823. The van der Waals surface area contributed by atoms with Gasteiger partial charge in [-0.3, -0.25) is 0 Å². The molecule has 1 saturated heterocycles. The standard InChI is InChI=1S/C12H14ClN5O/c13-9-7-10(16-11-8(9)1-2-15-11)17-3-5-18(6-4-17)12(14)19/h1-2,7H,3-6H2,(H2,14,19)(H,15,16). The molecule has 0 spiro atoms. The molecule has 0 bridgehead atoms. The molecular weight excluding hydrogens is 266 g/mol. The number of nitrogens with zero attached hydrogens (tertiary/aromatic N) is 3. The van der Waals surface area contributed by atoms with E-state index in [0.29, 0.717) is 31.2 Å². The Morgan fingerprint density at radius 2 is 2.11 bits per heavy atom. The zero-order valence-corrected chi connectivity index (χ0v) is 11.0. The zero-order chi connectivity index (χ0) is 13.4. The fraction of sp³-hybridized carbons (Fsp3) is 0.333. The van der Waals surface area contributed by atoms with Crippen LogP contribution in [0.15, 0.2) is 18.3 Å². The highest BCUT2D eigenvalue weighted by atomic mass is 35.5. The summed E-state index contributed by atoms with van der Waals surface area (Å²) in [6.45, 7) is 2.63. The van der Waals surface area contributed by atoms with Gasteiger partial charge in [0, 0.05) is 43.8 Å². The monoisotopic (exact) mass is 279 g/mol. The van der Waals surface area contributed by atoms with E-state index in [1.54, 1.807) is 4.90 Å². The summed E-state index contributed by atoms with van der Waals surface area (Å²) < 4.78 is 0. The van der Waals surface area contributed by atoms with Crippen LogP contribution in [-0.2, 0) is 0 Å². The quantitative estimate of drug-likeness (QED) is 0.829. The zero-order valence-electron chi connectivity index (χ0n) is 10.3. The molecule has 0 atom stereocenters. The van der Waals surface area contributed by atoms with Gasteiger partial charge in [-0.1, -0.05) is 11.6 Å². The van der Waals surface area contributed by atoms with Gasteiger partial charge in [-0.05, 0) is 6.07 Å². The van der Waals surface area contributed by atoms with Crippen molar-refractivity contribution in [3.63, 3.8) is 0 Å². The maximum atomic E-state index is 11.1. The first-order valence-electron chi connectivity index (χ1n) is 6.08. The number of halogens is 1. The van der Waals surface area contributed by atoms with Gasteiger partial charge in [0.2, 0.25) is 0 Å². The molecule has 1 aliphatic rings. The Morgan fingerprint density at radius 1 is 1.37 bits per heavy atom. The molecular formula is C12H14ClN5O. The Balaban J connectivity index is 1.83. The van der Waals surface area contributed by atoms with Crippen LogP contribution in [0.2, 0.25) is 5.02 Å². The van der Waals surface area contributed by atoms with Gasteiger partial charge in [0.05, 0.1) is 5.02 Å². The number of hydrogen-bond acceptors (Lipinski definition) is 3. The molecule has 0 aliphatic carbocycles. The van der Waals surface area contributed by atoms with Gasteiger partial charge in [-0.2, -0.15) is 0 Å². The Bertz CT molecular complexity index is 618. The third-order valence-corrected chi connectivity index (χ3v) is 3.69. The summed E-state index contributed by atoms with van der Waals surface area (Å²) in [7, 11) is 0. The van der Waals surface area contributed by atoms with E-state index in [9.17, 15) is 4.79 Å². The lowest BCUT2D eigenvalue weighted by Gasteiger charge is -2.34. The van der Waals surface area contributed by atoms with Crippen LogP contribution >= 0.6 is 11.6 Å². The summed E-state index contributed by atoms with van der Waals surface area (Å²) in [5, 5.41) is 1.60. The van der Waals surface area contributed by atoms with Crippen molar-refractivity contribution in [3.05, 3.63) is 23.4 Å². The number of H-pyrrole nitrogens is 1. The molecule has 1 fully saturated rings. The van der Waals surface area contributed by atoms with E-state index in [1.807, 2.05) is 18.3 Å². The number of pyridine rings is 1. The number of piperazine rings is 1. The normalized spacial score (nSPS) is 16.1. The van der Waals surface area contributed by atoms with Gasteiger partial charge in [-0.15, -0.1) is 0 Å². The number of aromatic nitrogens is 2. The fourth-order valence-electron chi connectivity index (χ4n) is 2.30. The van der Waals surface area contributed by atoms with E-state index < -0.39 is 0 Å². The summed E-state index contributed by atoms with van der Waals surface area (Å²) in [4.78, 5) is 22.4. The first-order chi connectivity index (χ1) is 9.15. The lowest BCUT2D eigenvalue weighted by Crippen LogP contribution is -2.50. The number of nitrogens with one attached hydrogen (secondary N) is 1. The van der Waals surface area contributed by atoms with Crippen LogP contribution in [0.1, 0.15) is 0 Å². The van der Waals surface area contributed by atoms with E-state index in [0.717, 1.165) is 16.9 Å². The summed E-state index contributed by atoms with van der Waals surface area (Å²) >= 11 is 6.23. The lowest BCUT2D eigenvalue weighted by molar-refractivity contribution is 0.204. The van der Waals surface area contributed by atoms with E-state index in [-0.39, 0.29) is 6.03 Å². The van der Waals surface area contributed by atoms with Crippen molar-refractivity contribution in [2.75, 3.05) is 31.1 Å². The van der Waals surface area contributed by atoms with Gasteiger partial charge < -0.3 is 20.5 Å². The molecule has 2 aromatic rings. The molecule has 1 aliphatic heterocycles. The highest BCUT2D eigenvalue weighted by molar-refractivity contribution is 6.35.